The standard InChI is InChI=1S/C13H11Cl2N.C2H4O2/c1-9-5-2-3-8-12(9)16-13-10(14)6-4-7-11(13)15;1-2(3)4/h2-8,16H,1H3;1H3,(H,3,4). The molecule has 0 fully saturated rings. The molecule has 5 heteroatoms. The normalized spacial score (nSPS) is 9.40. The van der Waals surface area contributed by atoms with Crippen LogP contribution in [0.2, 0.25) is 10.0 Å². The third-order valence-electron chi connectivity index (χ3n) is 2.37. The third kappa shape index (κ3) is 5.11. The summed E-state index contributed by atoms with van der Waals surface area (Å²) in [4.78, 5) is 9.00. The Labute approximate surface area is 128 Å². The first kappa shape index (κ1) is 16.3. The topological polar surface area (TPSA) is 49.3 Å². The predicted octanol–water partition coefficient (Wildman–Crippen LogP) is 5.14. The van der Waals surface area contributed by atoms with Gasteiger partial charge in [-0.1, -0.05) is 47.5 Å². The summed E-state index contributed by atoms with van der Waals surface area (Å²) < 4.78 is 0. The highest BCUT2D eigenvalue weighted by Crippen LogP contribution is 2.33. The Kier molecular flexibility index (Phi) is 6.36. The van der Waals surface area contributed by atoms with Crippen LogP contribution in [0.4, 0.5) is 11.4 Å². The fourth-order valence-corrected chi connectivity index (χ4v) is 1.96. The number of aryl methyl sites for hydroxylation is 1. The number of carbonyl (C=O) groups is 1. The molecule has 0 saturated heterocycles. The van der Waals surface area contributed by atoms with E-state index in [0.717, 1.165) is 23.9 Å². The second kappa shape index (κ2) is 7.78. The minimum absolute atomic E-state index is 0.621. The van der Waals surface area contributed by atoms with E-state index in [-0.39, 0.29) is 0 Å². The Morgan fingerprint density at radius 1 is 1.05 bits per heavy atom. The molecule has 0 aliphatic rings. The molecule has 0 amide bonds. The molecule has 0 spiro atoms. The molecule has 0 aliphatic heterocycles. The van der Waals surface area contributed by atoms with Gasteiger partial charge in [-0.15, -0.1) is 0 Å². The van der Waals surface area contributed by atoms with Gasteiger partial charge in [0.15, 0.2) is 0 Å². The van der Waals surface area contributed by atoms with Crippen molar-refractivity contribution in [1.29, 1.82) is 0 Å². The smallest absolute Gasteiger partial charge is 0.300 e. The molecule has 0 aliphatic carbocycles. The molecule has 0 atom stereocenters. The van der Waals surface area contributed by atoms with Gasteiger partial charge in [-0.05, 0) is 30.7 Å². The molecular formula is C15H15Cl2NO2. The summed E-state index contributed by atoms with van der Waals surface area (Å²) in [5.41, 5.74) is 2.91. The average molecular weight is 312 g/mol. The first-order valence-electron chi connectivity index (χ1n) is 5.88. The van der Waals surface area contributed by atoms with Gasteiger partial charge >= 0.3 is 0 Å². The van der Waals surface area contributed by atoms with E-state index in [0.29, 0.717) is 10.0 Å². The van der Waals surface area contributed by atoms with Gasteiger partial charge < -0.3 is 10.4 Å². The molecule has 0 bridgehead atoms. The van der Waals surface area contributed by atoms with E-state index in [1.807, 2.05) is 49.4 Å². The molecule has 2 N–H and O–H groups in total. The van der Waals surface area contributed by atoms with Gasteiger partial charge in [-0.2, -0.15) is 0 Å². The van der Waals surface area contributed by atoms with E-state index in [2.05, 4.69) is 5.32 Å². The van der Waals surface area contributed by atoms with Crippen LogP contribution in [0.5, 0.6) is 0 Å². The highest BCUT2D eigenvalue weighted by atomic mass is 35.5. The minimum atomic E-state index is -0.833. The van der Waals surface area contributed by atoms with Crippen molar-refractivity contribution < 1.29 is 9.90 Å². The van der Waals surface area contributed by atoms with Crippen LogP contribution < -0.4 is 5.32 Å². The van der Waals surface area contributed by atoms with Crippen LogP contribution in [-0.2, 0) is 4.79 Å². The zero-order valence-electron chi connectivity index (χ0n) is 11.2. The molecule has 0 saturated carbocycles. The van der Waals surface area contributed by atoms with Gasteiger partial charge in [0.1, 0.15) is 0 Å². The fourth-order valence-electron chi connectivity index (χ4n) is 1.47. The SMILES string of the molecule is CC(=O)O.Cc1ccccc1Nc1c(Cl)cccc1Cl. The van der Waals surface area contributed by atoms with E-state index in [1.165, 1.54) is 0 Å². The molecule has 0 radical (unpaired) electrons. The number of benzene rings is 2. The number of carboxylic acid groups (broad SMARTS) is 1. The number of aliphatic carboxylic acids is 1. The summed E-state index contributed by atoms with van der Waals surface area (Å²) >= 11 is 12.2. The summed E-state index contributed by atoms with van der Waals surface area (Å²) in [6, 6.07) is 13.5. The zero-order chi connectivity index (χ0) is 15.1. The van der Waals surface area contributed by atoms with Crippen molar-refractivity contribution in [2.75, 3.05) is 5.32 Å². The summed E-state index contributed by atoms with van der Waals surface area (Å²) in [5, 5.41) is 11.9. The summed E-state index contributed by atoms with van der Waals surface area (Å²) in [7, 11) is 0. The molecule has 106 valence electrons. The molecule has 0 heterocycles. The number of para-hydroxylation sites is 2. The van der Waals surface area contributed by atoms with Crippen LogP contribution in [0, 0.1) is 6.92 Å². The summed E-state index contributed by atoms with van der Waals surface area (Å²) in [5.74, 6) is -0.833. The maximum absolute atomic E-state index is 9.00. The molecular weight excluding hydrogens is 297 g/mol. The van der Waals surface area contributed by atoms with Crippen molar-refractivity contribution in [1.82, 2.24) is 0 Å². The maximum atomic E-state index is 9.00. The molecule has 0 aromatic heterocycles. The van der Waals surface area contributed by atoms with Crippen molar-refractivity contribution in [3.8, 4) is 0 Å². The number of hydrogen-bond donors (Lipinski definition) is 2. The van der Waals surface area contributed by atoms with Crippen LogP contribution >= 0.6 is 23.2 Å². The Balaban J connectivity index is 0.000000444. The number of anilines is 2. The average Bonchev–Trinajstić information content (AvgIpc) is 2.35. The quantitative estimate of drug-likeness (QED) is 0.807. The van der Waals surface area contributed by atoms with E-state index in [4.69, 9.17) is 33.1 Å². The molecule has 0 unspecified atom stereocenters. The van der Waals surface area contributed by atoms with E-state index in [9.17, 15) is 0 Å². The molecule has 2 aromatic rings. The highest BCUT2D eigenvalue weighted by molar-refractivity contribution is 6.39. The number of halogens is 2. The van der Waals surface area contributed by atoms with Crippen LogP contribution in [0.15, 0.2) is 42.5 Å². The van der Waals surface area contributed by atoms with Gasteiger partial charge in [0, 0.05) is 12.6 Å². The Morgan fingerprint density at radius 2 is 1.55 bits per heavy atom. The Bertz CT molecular complexity index is 576. The molecule has 3 nitrogen and oxygen atoms in total. The van der Waals surface area contributed by atoms with Gasteiger partial charge in [0.25, 0.3) is 5.97 Å². The van der Waals surface area contributed by atoms with Gasteiger partial charge in [0.05, 0.1) is 15.7 Å². The van der Waals surface area contributed by atoms with Gasteiger partial charge in [-0.25, -0.2) is 0 Å². The first-order chi connectivity index (χ1) is 9.41. The van der Waals surface area contributed by atoms with Crippen molar-refractivity contribution >= 4 is 40.5 Å². The maximum Gasteiger partial charge on any atom is 0.300 e. The van der Waals surface area contributed by atoms with Crippen molar-refractivity contribution in [2.24, 2.45) is 0 Å². The number of hydrogen-bond acceptors (Lipinski definition) is 2. The third-order valence-corrected chi connectivity index (χ3v) is 3.00. The van der Waals surface area contributed by atoms with Crippen molar-refractivity contribution in [2.45, 2.75) is 13.8 Å². The Morgan fingerprint density at radius 3 is 2.05 bits per heavy atom. The van der Waals surface area contributed by atoms with E-state index >= 15 is 0 Å². The van der Waals surface area contributed by atoms with Crippen LogP contribution in [0.1, 0.15) is 12.5 Å². The fraction of sp³-hybridized carbons (Fsp3) is 0.133. The van der Waals surface area contributed by atoms with E-state index < -0.39 is 5.97 Å². The van der Waals surface area contributed by atoms with Crippen LogP contribution in [-0.4, -0.2) is 11.1 Å². The Hall–Kier alpha value is -1.71. The molecule has 20 heavy (non-hydrogen) atoms. The lowest BCUT2D eigenvalue weighted by Gasteiger charge is -2.12. The van der Waals surface area contributed by atoms with Gasteiger partial charge in [0.2, 0.25) is 0 Å². The summed E-state index contributed by atoms with van der Waals surface area (Å²) in [6.07, 6.45) is 0. The van der Waals surface area contributed by atoms with Crippen molar-refractivity contribution in [3.63, 3.8) is 0 Å². The predicted molar refractivity (Wildman–Crippen MR) is 84.2 cm³/mol. The van der Waals surface area contributed by atoms with Gasteiger partial charge in [-0.3, -0.25) is 4.79 Å². The van der Waals surface area contributed by atoms with E-state index in [1.54, 1.807) is 0 Å². The number of rotatable bonds is 2. The second-order valence-corrected chi connectivity index (χ2v) is 4.87. The summed E-state index contributed by atoms with van der Waals surface area (Å²) in [6.45, 7) is 3.12. The highest BCUT2D eigenvalue weighted by Gasteiger charge is 2.06. The monoisotopic (exact) mass is 311 g/mol. The second-order valence-electron chi connectivity index (χ2n) is 4.06. The largest absolute Gasteiger partial charge is 0.481 e. The first-order valence-corrected chi connectivity index (χ1v) is 6.63. The lowest BCUT2D eigenvalue weighted by Crippen LogP contribution is -1.94. The number of carboxylic acids is 1. The van der Waals surface area contributed by atoms with Crippen molar-refractivity contribution in [3.05, 3.63) is 58.1 Å². The molecule has 2 aromatic carbocycles. The lowest BCUT2D eigenvalue weighted by atomic mass is 10.2. The minimum Gasteiger partial charge on any atom is -0.481 e. The molecule has 2 rings (SSSR count). The number of nitrogens with one attached hydrogen (secondary N) is 1. The van der Waals surface area contributed by atoms with Crippen LogP contribution in [0.25, 0.3) is 0 Å². The van der Waals surface area contributed by atoms with Crippen LogP contribution in [0.3, 0.4) is 0 Å². The zero-order valence-corrected chi connectivity index (χ0v) is 12.7. The lowest BCUT2D eigenvalue weighted by molar-refractivity contribution is -0.134.